The van der Waals surface area contributed by atoms with E-state index in [-0.39, 0.29) is 6.23 Å². The first kappa shape index (κ1) is 10.5. The third kappa shape index (κ3) is 3.22. The predicted molar refractivity (Wildman–Crippen MR) is 64.3 cm³/mol. The van der Waals surface area contributed by atoms with E-state index >= 15 is 0 Å². The van der Waals surface area contributed by atoms with Gasteiger partial charge in [-0.3, -0.25) is 0 Å². The molecular weight excluding hydrogens is 254 g/mol. The Morgan fingerprint density at radius 1 is 1.27 bits per heavy atom. The van der Waals surface area contributed by atoms with Gasteiger partial charge in [0.15, 0.2) is 0 Å². The van der Waals surface area contributed by atoms with E-state index in [1.165, 1.54) is 5.56 Å². The number of allylic oxidation sites excluding steroid dienone is 2. The number of nitrogens with one attached hydrogen (secondary N) is 1. The van der Waals surface area contributed by atoms with Gasteiger partial charge in [0, 0.05) is 4.48 Å². The fourth-order valence-corrected chi connectivity index (χ4v) is 1.70. The first-order chi connectivity index (χ1) is 7.34. The molecule has 0 saturated heterocycles. The van der Waals surface area contributed by atoms with Crippen molar-refractivity contribution < 1.29 is 4.74 Å². The van der Waals surface area contributed by atoms with Crippen molar-refractivity contribution in [1.82, 2.24) is 5.32 Å². The average molecular weight is 266 g/mol. The van der Waals surface area contributed by atoms with Crippen molar-refractivity contribution in [2.24, 2.45) is 0 Å². The highest BCUT2D eigenvalue weighted by Gasteiger charge is 2.06. The van der Waals surface area contributed by atoms with Gasteiger partial charge < -0.3 is 10.1 Å². The Balaban J connectivity index is 1.87. The molecule has 15 heavy (non-hydrogen) atoms. The van der Waals surface area contributed by atoms with Gasteiger partial charge in [-0.2, -0.15) is 0 Å². The number of halogens is 1. The van der Waals surface area contributed by atoms with Crippen LogP contribution in [0.5, 0.6) is 0 Å². The lowest BCUT2D eigenvalue weighted by atomic mass is 10.2. The number of dihydropyridines is 1. The van der Waals surface area contributed by atoms with Crippen molar-refractivity contribution in [1.29, 1.82) is 0 Å². The van der Waals surface area contributed by atoms with Gasteiger partial charge in [0.25, 0.3) is 0 Å². The van der Waals surface area contributed by atoms with Gasteiger partial charge in [0.05, 0.1) is 6.61 Å². The molecule has 0 fully saturated rings. The van der Waals surface area contributed by atoms with Crippen molar-refractivity contribution in [3.8, 4) is 0 Å². The van der Waals surface area contributed by atoms with Crippen LogP contribution in [0.3, 0.4) is 0 Å². The third-order valence-electron chi connectivity index (χ3n) is 2.09. The molecule has 0 amide bonds. The Morgan fingerprint density at radius 3 is 2.80 bits per heavy atom. The van der Waals surface area contributed by atoms with Gasteiger partial charge in [-0.15, -0.1) is 0 Å². The van der Waals surface area contributed by atoms with Crippen LogP contribution in [0.25, 0.3) is 0 Å². The zero-order valence-electron chi connectivity index (χ0n) is 8.19. The number of hydrogen-bond acceptors (Lipinski definition) is 2. The van der Waals surface area contributed by atoms with Gasteiger partial charge in [0.2, 0.25) is 0 Å². The molecule has 2 rings (SSSR count). The largest absolute Gasteiger partial charge is 0.363 e. The van der Waals surface area contributed by atoms with Crippen molar-refractivity contribution in [2.75, 3.05) is 0 Å². The van der Waals surface area contributed by atoms with E-state index in [2.05, 4.69) is 33.4 Å². The van der Waals surface area contributed by atoms with Crippen LogP contribution in [0.4, 0.5) is 0 Å². The smallest absolute Gasteiger partial charge is 0.148 e. The molecule has 2 nitrogen and oxygen atoms in total. The zero-order valence-corrected chi connectivity index (χ0v) is 9.78. The fraction of sp³-hybridized carbons (Fsp3) is 0.167. The fourth-order valence-electron chi connectivity index (χ4n) is 1.33. The second-order valence-corrected chi connectivity index (χ2v) is 4.18. The molecule has 0 aliphatic carbocycles. The van der Waals surface area contributed by atoms with Crippen LogP contribution in [-0.2, 0) is 11.3 Å². The number of benzene rings is 1. The quantitative estimate of drug-likeness (QED) is 0.908. The minimum atomic E-state index is -0.0513. The van der Waals surface area contributed by atoms with Crippen LogP contribution in [0.2, 0.25) is 0 Å². The molecule has 0 saturated carbocycles. The van der Waals surface area contributed by atoms with Crippen LogP contribution in [0.15, 0.2) is 53.2 Å². The normalized spacial score (nSPS) is 19.5. The van der Waals surface area contributed by atoms with E-state index in [1.807, 2.05) is 36.6 Å². The minimum Gasteiger partial charge on any atom is -0.363 e. The number of rotatable bonds is 3. The van der Waals surface area contributed by atoms with Crippen LogP contribution < -0.4 is 5.32 Å². The Morgan fingerprint density at radius 2 is 2.07 bits per heavy atom. The number of hydrogen-bond donors (Lipinski definition) is 1. The van der Waals surface area contributed by atoms with E-state index in [4.69, 9.17) is 4.74 Å². The topological polar surface area (TPSA) is 21.3 Å². The third-order valence-corrected chi connectivity index (χ3v) is 2.61. The standard InChI is InChI=1S/C12H12BrNO/c13-11-6-7-14-12(8-11)15-9-10-4-2-1-3-5-10/h1-8,12,14H,9H2. The Kier molecular flexibility index (Phi) is 3.59. The summed E-state index contributed by atoms with van der Waals surface area (Å²) in [6, 6.07) is 10.1. The van der Waals surface area contributed by atoms with Crippen molar-refractivity contribution in [2.45, 2.75) is 12.8 Å². The molecule has 1 aromatic rings. The van der Waals surface area contributed by atoms with Gasteiger partial charge in [-0.25, -0.2) is 0 Å². The SMILES string of the molecule is BrC1=CC(OCc2ccccc2)NC=C1. The highest BCUT2D eigenvalue weighted by molar-refractivity contribution is 9.11. The monoisotopic (exact) mass is 265 g/mol. The van der Waals surface area contributed by atoms with E-state index in [1.54, 1.807) is 0 Å². The molecule has 1 aliphatic rings. The van der Waals surface area contributed by atoms with E-state index in [0.29, 0.717) is 6.61 Å². The Bertz CT molecular complexity index is 372. The lowest BCUT2D eigenvalue weighted by molar-refractivity contribution is 0.0580. The second kappa shape index (κ2) is 5.14. The summed E-state index contributed by atoms with van der Waals surface area (Å²) in [5.41, 5.74) is 1.18. The van der Waals surface area contributed by atoms with Gasteiger partial charge >= 0.3 is 0 Å². The highest BCUT2D eigenvalue weighted by atomic mass is 79.9. The summed E-state index contributed by atoms with van der Waals surface area (Å²) in [5, 5.41) is 3.11. The minimum absolute atomic E-state index is 0.0513. The van der Waals surface area contributed by atoms with Crippen LogP contribution >= 0.6 is 15.9 Å². The molecule has 0 radical (unpaired) electrons. The molecule has 1 aliphatic heterocycles. The second-order valence-electron chi connectivity index (χ2n) is 3.27. The molecule has 0 aromatic heterocycles. The molecule has 1 N–H and O–H groups in total. The molecule has 78 valence electrons. The van der Waals surface area contributed by atoms with Gasteiger partial charge in [-0.05, 0) is 23.9 Å². The maximum absolute atomic E-state index is 5.67. The van der Waals surface area contributed by atoms with E-state index in [9.17, 15) is 0 Å². The van der Waals surface area contributed by atoms with Crippen molar-refractivity contribution in [3.63, 3.8) is 0 Å². The maximum Gasteiger partial charge on any atom is 0.148 e. The average Bonchev–Trinajstić information content (AvgIpc) is 2.28. The van der Waals surface area contributed by atoms with E-state index < -0.39 is 0 Å². The maximum atomic E-state index is 5.67. The summed E-state index contributed by atoms with van der Waals surface area (Å²) in [4.78, 5) is 0. The summed E-state index contributed by atoms with van der Waals surface area (Å²) in [7, 11) is 0. The Labute approximate surface area is 97.8 Å². The summed E-state index contributed by atoms with van der Waals surface area (Å²) >= 11 is 3.41. The van der Waals surface area contributed by atoms with Gasteiger partial charge in [0.1, 0.15) is 6.23 Å². The molecule has 1 aromatic carbocycles. The lowest BCUT2D eigenvalue weighted by Gasteiger charge is -2.17. The first-order valence-electron chi connectivity index (χ1n) is 4.80. The highest BCUT2D eigenvalue weighted by Crippen LogP contribution is 2.13. The molecule has 1 unspecified atom stereocenters. The lowest BCUT2D eigenvalue weighted by Crippen LogP contribution is -2.27. The summed E-state index contributed by atoms with van der Waals surface area (Å²) in [6.45, 7) is 0.614. The van der Waals surface area contributed by atoms with Crippen LogP contribution in [0, 0.1) is 0 Å². The summed E-state index contributed by atoms with van der Waals surface area (Å²) in [6.07, 6.45) is 5.76. The molecule has 0 bridgehead atoms. The summed E-state index contributed by atoms with van der Waals surface area (Å²) in [5.74, 6) is 0. The molecule has 1 atom stereocenters. The number of ether oxygens (including phenoxy) is 1. The van der Waals surface area contributed by atoms with Crippen LogP contribution in [0.1, 0.15) is 5.56 Å². The van der Waals surface area contributed by atoms with Crippen LogP contribution in [-0.4, -0.2) is 6.23 Å². The van der Waals surface area contributed by atoms with Crippen molar-refractivity contribution >= 4 is 15.9 Å². The predicted octanol–water partition coefficient (Wildman–Crippen LogP) is 2.93. The summed E-state index contributed by atoms with van der Waals surface area (Å²) < 4.78 is 6.71. The van der Waals surface area contributed by atoms with Gasteiger partial charge in [-0.1, -0.05) is 46.3 Å². The van der Waals surface area contributed by atoms with Crippen molar-refractivity contribution in [3.05, 3.63) is 58.7 Å². The molecule has 1 heterocycles. The first-order valence-corrected chi connectivity index (χ1v) is 5.59. The molecular formula is C12H12BrNO. The zero-order chi connectivity index (χ0) is 10.5. The van der Waals surface area contributed by atoms with E-state index in [0.717, 1.165) is 4.48 Å². The Hall–Kier alpha value is -1.06. The molecule has 0 spiro atoms. The molecule has 3 heteroatoms.